The summed E-state index contributed by atoms with van der Waals surface area (Å²) in [5.41, 5.74) is 0.537. The van der Waals surface area contributed by atoms with E-state index in [1.54, 1.807) is 12.1 Å². The number of ether oxygens (including phenoxy) is 1. The number of halogens is 1. The second-order valence-corrected chi connectivity index (χ2v) is 6.02. The lowest BCUT2D eigenvalue weighted by Crippen LogP contribution is -2.36. The van der Waals surface area contributed by atoms with Crippen molar-refractivity contribution in [1.82, 2.24) is 15.6 Å². The van der Waals surface area contributed by atoms with Crippen LogP contribution in [0.1, 0.15) is 16.8 Å². The van der Waals surface area contributed by atoms with E-state index in [1.807, 2.05) is 24.3 Å². The first kappa shape index (κ1) is 15.0. The third kappa shape index (κ3) is 3.84. The molecule has 1 aromatic heterocycles. The van der Waals surface area contributed by atoms with Crippen LogP contribution >= 0.6 is 15.9 Å². The van der Waals surface area contributed by atoms with E-state index in [2.05, 4.69) is 31.5 Å². The average Bonchev–Trinajstić information content (AvgIpc) is 3.03. The molecule has 6 heteroatoms. The number of benzene rings is 1. The van der Waals surface area contributed by atoms with E-state index >= 15 is 0 Å². The number of aromatic nitrogens is 1. The molecule has 1 amide bonds. The maximum absolute atomic E-state index is 12.1. The summed E-state index contributed by atoms with van der Waals surface area (Å²) in [4.78, 5) is 16.3. The Bertz CT molecular complexity index is 637. The minimum atomic E-state index is -0.101. The van der Waals surface area contributed by atoms with E-state index in [1.165, 1.54) is 6.20 Å². The zero-order chi connectivity index (χ0) is 15.4. The molecular weight excluding hydrogens is 346 g/mol. The summed E-state index contributed by atoms with van der Waals surface area (Å²) in [6, 6.07) is 11.1. The fourth-order valence-electron chi connectivity index (χ4n) is 2.24. The van der Waals surface area contributed by atoms with Gasteiger partial charge in [-0.3, -0.25) is 4.79 Å². The van der Waals surface area contributed by atoms with Crippen LogP contribution in [0.5, 0.6) is 11.6 Å². The number of pyridine rings is 1. The van der Waals surface area contributed by atoms with Crippen molar-refractivity contribution in [3.05, 3.63) is 52.6 Å². The van der Waals surface area contributed by atoms with Gasteiger partial charge < -0.3 is 15.4 Å². The van der Waals surface area contributed by atoms with Gasteiger partial charge in [0.05, 0.1) is 5.56 Å². The van der Waals surface area contributed by atoms with Crippen molar-refractivity contribution in [3.8, 4) is 11.6 Å². The van der Waals surface area contributed by atoms with Crippen molar-refractivity contribution in [2.75, 3.05) is 13.1 Å². The molecule has 1 unspecified atom stereocenters. The molecule has 1 atom stereocenters. The molecule has 0 radical (unpaired) electrons. The van der Waals surface area contributed by atoms with Gasteiger partial charge in [-0.15, -0.1) is 0 Å². The lowest BCUT2D eigenvalue weighted by atomic mass is 10.2. The Morgan fingerprint density at radius 2 is 2.09 bits per heavy atom. The number of carbonyl (C=O) groups excluding carboxylic acids is 1. The van der Waals surface area contributed by atoms with Gasteiger partial charge in [0.25, 0.3) is 5.91 Å². The molecule has 114 valence electrons. The van der Waals surface area contributed by atoms with Gasteiger partial charge in [-0.2, -0.15) is 0 Å². The van der Waals surface area contributed by atoms with Crippen LogP contribution in [0, 0.1) is 0 Å². The quantitative estimate of drug-likeness (QED) is 0.878. The SMILES string of the molecule is O=C(NC1CCNC1)c1ccc(Oc2ccc(Br)cc2)nc1. The molecule has 1 aliphatic heterocycles. The molecule has 0 aliphatic carbocycles. The maximum Gasteiger partial charge on any atom is 0.253 e. The number of hydrogen-bond donors (Lipinski definition) is 2. The van der Waals surface area contributed by atoms with Crippen LogP contribution in [0.25, 0.3) is 0 Å². The second-order valence-electron chi connectivity index (χ2n) is 5.10. The van der Waals surface area contributed by atoms with Crippen molar-refractivity contribution in [2.24, 2.45) is 0 Å². The van der Waals surface area contributed by atoms with Crippen molar-refractivity contribution in [1.29, 1.82) is 0 Å². The minimum Gasteiger partial charge on any atom is -0.439 e. The van der Waals surface area contributed by atoms with Gasteiger partial charge in [-0.25, -0.2) is 4.98 Å². The van der Waals surface area contributed by atoms with Crippen LogP contribution in [0.2, 0.25) is 0 Å². The van der Waals surface area contributed by atoms with Gasteiger partial charge in [-0.1, -0.05) is 15.9 Å². The molecule has 0 saturated carbocycles. The summed E-state index contributed by atoms with van der Waals surface area (Å²) in [7, 11) is 0. The van der Waals surface area contributed by atoms with Gasteiger partial charge in [0.1, 0.15) is 5.75 Å². The van der Waals surface area contributed by atoms with Gasteiger partial charge in [0.15, 0.2) is 0 Å². The van der Waals surface area contributed by atoms with Crippen LogP contribution < -0.4 is 15.4 Å². The number of nitrogens with one attached hydrogen (secondary N) is 2. The number of rotatable bonds is 4. The molecule has 2 N–H and O–H groups in total. The van der Waals surface area contributed by atoms with E-state index in [9.17, 15) is 4.79 Å². The second kappa shape index (κ2) is 6.89. The van der Waals surface area contributed by atoms with Gasteiger partial charge in [0.2, 0.25) is 5.88 Å². The largest absolute Gasteiger partial charge is 0.439 e. The summed E-state index contributed by atoms with van der Waals surface area (Å²) < 4.78 is 6.62. The molecule has 1 saturated heterocycles. The number of nitrogens with zero attached hydrogens (tertiary/aromatic N) is 1. The molecular formula is C16H16BrN3O2. The molecule has 22 heavy (non-hydrogen) atoms. The summed E-state index contributed by atoms with van der Waals surface area (Å²) in [5.74, 6) is 1.06. The molecule has 3 rings (SSSR count). The first-order chi connectivity index (χ1) is 10.7. The third-order valence-corrected chi connectivity index (χ3v) is 3.96. The summed E-state index contributed by atoms with van der Waals surface area (Å²) in [6.45, 7) is 1.77. The predicted octanol–water partition coefficient (Wildman–Crippen LogP) is 2.73. The molecule has 0 spiro atoms. The average molecular weight is 362 g/mol. The van der Waals surface area contributed by atoms with Crippen molar-refractivity contribution in [2.45, 2.75) is 12.5 Å². The molecule has 1 fully saturated rings. The highest BCUT2D eigenvalue weighted by molar-refractivity contribution is 9.10. The zero-order valence-corrected chi connectivity index (χ0v) is 13.5. The maximum atomic E-state index is 12.1. The highest BCUT2D eigenvalue weighted by Crippen LogP contribution is 2.21. The third-order valence-electron chi connectivity index (χ3n) is 3.43. The fraction of sp³-hybridized carbons (Fsp3) is 0.250. The standard InChI is InChI=1S/C16H16BrN3O2/c17-12-2-4-14(5-3-12)22-15-6-1-11(9-19-15)16(21)20-13-7-8-18-10-13/h1-6,9,13,18H,7-8,10H2,(H,20,21). The Morgan fingerprint density at radius 3 is 2.73 bits per heavy atom. The number of carbonyl (C=O) groups is 1. The molecule has 2 aromatic rings. The fourth-order valence-corrected chi connectivity index (χ4v) is 2.51. The number of hydrogen-bond acceptors (Lipinski definition) is 4. The first-order valence-corrected chi connectivity index (χ1v) is 7.91. The summed E-state index contributed by atoms with van der Waals surface area (Å²) in [6.07, 6.45) is 2.50. The number of amides is 1. The van der Waals surface area contributed by atoms with E-state index in [0.29, 0.717) is 17.2 Å². The summed E-state index contributed by atoms with van der Waals surface area (Å²) >= 11 is 3.37. The zero-order valence-electron chi connectivity index (χ0n) is 11.9. The topological polar surface area (TPSA) is 63.2 Å². The van der Waals surface area contributed by atoms with Gasteiger partial charge in [0, 0.05) is 29.3 Å². The Hall–Kier alpha value is -1.92. The predicted molar refractivity (Wildman–Crippen MR) is 87.2 cm³/mol. The lowest BCUT2D eigenvalue weighted by molar-refractivity contribution is 0.0939. The Kier molecular flexibility index (Phi) is 4.70. The molecule has 1 aliphatic rings. The normalized spacial score (nSPS) is 17.2. The van der Waals surface area contributed by atoms with Gasteiger partial charge in [-0.05, 0) is 43.3 Å². The van der Waals surface area contributed by atoms with Crippen LogP contribution in [0.15, 0.2) is 47.1 Å². The highest BCUT2D eigenvalue weighted by atomic mass is 79.9. The van der Waals surface area contributed by atoms with Crippen molar-refractivity contribution in [3.63, 3.8) is 0 Å². The Balaban J connectivity index is 1.61. The van der Waals surface area contributed by atoms with Crippen LogP contribution in [0.3, 0.4) is 0 Å². The van der Waals surface area contributed by atoms with Crippen LogP contribution in [0.4, 0.5) is 0 Å². The van der Waals surface area contributed by atoms with Crippen molar-refractivity contribution >= 4 is 21.8 Å². The molecule has 0 bridgehead atoms. The summed E-state index contributed by atoms with van der Waals surface area (Å²) in [5, 5.41) is 6.20. The Morgan fingerprint density at radius 1 is 1.27 bits per heavy atom. The molecule has 5 nitrogen and oxygen atoms in total. The van der Waals surface area contributed by atoms with E-state index in [4.69, 9.17) is 4.74 Å². The highest BCUT2D eigenvalue weighted by Gasteiger charge is 2.17. The smallest absolute Gasteiger partial charge is 0.253 e. The molecule has 1 aromatic carbocycles. The van der Waals surface area contributed by atoms with Crippen LogP contribution in [-0.4, -0.2) is 30.0 Å². The Labute approximate surface area is 137 Å². The lowest BCUT2D eigenvalue weighted by Gasteiger charge is -2.11. The van der Waals surface area contributed by atoms with Crippen LogP contribution in [-0.2, 0) is 0 Å². The van der Waals surface area contributed by atoms with Crippen molar-refractivity contribution < 1.29 is 9.53 Å². The van der Waals surface area contributed by atoms with E-state index in [0.717, 1.165) is 24.0 Å². The van der Waals surface area contributed by atoms with Gasteiger partial charge >= 0.3 is 0 Å². The monoisotopic (exact) mass is 361 g/mol. The van der Waals surface area contributed by atoms with E-state index < -0.39 is 0 Å². The minimum absolute atomic E-state index is 0.101. The van der Waals surface area contributed by atoms with E-state index in [-0.39, 0.29) is 11.9 Å². The first-order valence-electron chi connectivity index (χ1n) is 7.12. The molecule has 2 heterocycles.